The Labute approximate surface area is 248 Å². The van der Waals surface area contributed by atoms with Gasteiger partial charge in [-0.3, -0.25) is 0 Å². The van der Waals surface area contributed by atoms with Crippen molar-refractivity contribution in [1.82, 2.24) is 0 Å². The summed E-state index contributed by atoms with van der Waals surface area (Å²) >= 11 is 0. The normalized spacial score (nSPS) is 11.3. The summed E-state index contributed by atoms with van der Waals surface area (Å²) in [4.78, 5) is 11.8. The molecule has 0 aliphatic rings. The van der Waals surface area contributed by atoms with E-state index in [9.17, 15) is 9.18 Å². The summed E-state index contributed by atoms with van der Waals surface area (Å²) in [6.07, 6.45) is 0. The van der Waals surface area contributed by atoms with Gasteiger partial charge in [0.25, 0.3) is 0 Å². The number of carbonyl (C=O) groups excluding carboxylic acids is 1. The first-order valence-electron chi connectivity index (χ1n) is 14.4. The molecule has 0 aromatic heterocycles. The molecule has 0 bridgehead atoms. The second kappa shape index (κ2) is 32.1. The van der Waals surface area contributed by atoms with E-state index in [1.807, 2.05) is 6.07 Å². The third-order valence-corrected chi connectivity index (χ3v) is 5.04. The summed E-state index contributed by atoms with van der Waals surface area (Å²) in [6, 6.07) is 8.83. The molecule has 0 amide bonds. The Hall–Kier alpha value is -1.78. The van der Waals surface area contributed by atoms with Gasteiger partial charge in [0, 0.05) is 0 Å². The number of hydrogen-bond acceptors (Lipinski definition) is 12. The molecule has 0 unspecified atom stereocenters. The van der Waals surface area contributed by atoms with E-state index in [1.54, 1.807) is 24.3 Å². The number of ether oxygens (including phenoxy) is 11. The van der Waals surface area contributed by atoms with Crippen molar-refractivity contribution >= 4 is 5.97 Å². The van der Waals surface area contributed by atoms with Crippen molar-refractivity contribution in [2.75, 3.05) is 145 Å². The van der Waals surface area contributed by atoms with Crippen LogP contribution < -0.4 is 0 Å². The minimum Gasteiger partial charge on any atom is -0.460 e. The van der Waals surface area contributed by atoms with Crippen LogP contribution in [-0.2, 0) is 52.1 Å². The van der Waals surface area contributed by atoms with Gasteiger partial charge in [-0.05, 0) is 12.1 Å². The SMILES string of the molecule is O=C(OCCOCCOCCOCCOCCOCCOCCOCCOCCOCCOCCF)c1ccccc1. The third kappa shape index (κ3) is 27.1. The van der Waals surface area contributed by atoms with Crippen LogP contribution in [0.3, 0.4) is 0 Å². The maximum absolute atomic E-state index is 11.8. The van der Waals surface area contributed by atoms with Crippen LogP contribution in [0, 0.1) is 0 Å². The Morgan fingerprint density at radius 1 is 0.405 bits per heavy atom. The average Bonchev–Trinajstić information content (AvgIpc) is 3.02. The van der Waals surface area contributed by atoms with E-state index >= 15 is 0 Å². The minimum absolute atomic E-state index is 0.110. The van der Waals surface area contributed by atoms with Gasteiger partial charge in [0.05, 0.1) is 138 Å². The van der Waals surface area contributed by atoms with Gasteiger partial charge in [-0.25, -0.2) is 9.18 Å². The van der Waals surface area contributed by atoms with Gasteiger partial charge in [0.2, 0.25) is 0 Å². The Balaban J connectivity index is 1.64. The molecule has 0 N–H and O–H groups in total. The lowest BCUT2D eigenvalue weighted by Gasteiger charge is -2.09. The predicted octanol–water partition coefficient (Wildman–Crippen LogP) is 1.98. The zero-order valence-electron chi connectivity index (χ0n) is 24.7. The zero-order valence-corrected chi connectivity index (χ0v) is 24.7. The van der Waals surface area contributed by atoms with Crippen molar-refractivity contribution in [2.24, 2.45) is 0 Å². The monoisotopic (exact) mass is 608 g/mol. The Morgan fingerprint density at radius 3 is 0.952 bits per heavy atom. The van der Waals surface area contributed by atoms with Crippen LogP contribution in [-0.4, -0.2) is 151 Å². The zero-order chi connectivity index (χ0) is 30.0. The molecule has 1 aromatic rings. The second-order valence-electron chi connectivity index (χ2n) is 8.31. The van der Waals surface area contributed by atoms with Crippen LogP contribution in [0.4, 0.5) is 4.39 Å². The van der Waals surface area contributed by atoms with Gasteiger partial charge in [0.1, 0.15) is 13.3 Å². The Bertz CT molecular complexity index is 686. The van der Waals surface area contributed by atoms with E-state index in [0.29, 0.717) is 131 Å². The lowest BCUT2D eigenvalue weighted by atomic mass is 10.2. The van der Waals surface area contributed by atoms with Crippen LogP contribution in [0.2, 0.25) is 0 Å². The van der Waals surface area contributed by atoms with Gasteiger partial charge >= 0.3 is 5.97 Å². The van der Waals surface area contributed by atoms with Crippen LogP contribution >= 0.6 is 0 Å². The fraction of sp³-hybridized carbons (Fsp3) is 0.759. The minimum atomic E-state index is -0.478. The lowest BCUT2D eigenvalue weighted by Crippen LogP contribution is -2.15. The van der Waals surface area contributed by atoms with Crippen molar-refractivity contribution in [1.29, 1.82) is 0 Å². The van der Waals surface area contributed by atoms with E-state index in [1.165, 1.54) is 0 Å². The topological polar surface area (TPSA) is 119 Å². The first-order valence-corrected chi connectivity index (χ1v) is 14.4. The summed E-state index contributed by atoms with van der Waals surface area (Å²) in [5.74, 6) is -0.359. The van der Waals surface area contributed by atoms with Crippen molar-refractivity contribution < 1.29 is 61.3 Å². The lowest BCUT2D eigenvalue weighted by molar-refractivity contribution is -0.0272. The van der Waals surface area contributed by atoms with Crippen LogP contribution in [0.25, 0.3) is 0 Å². The smallest absolute Gasteiger partial charge is 0.338 e. The van der Waals surface area contributed by atoms with Gasteiger partial charge in [-0.15, -0.1) is 0 Å². The molecule has 42 heavy (non-hydrogen) atoms. The molecule has 0 atom stereocenters. The number of halogens is 1. The summed E-state index contributed by atoms with van der Waals surface area (Å²) in [5, 5.41) is 0. The van der Waals surface area contributed by atoms with Crippen molar-refractivity contribution in [2.45, 2.75) is 0 Å². The highest BCUT2D eigenvalue weighted by atomic mass is 19.1. The van der Waals surface area contributed by atoms with E-state index in [0.717, 1.165) is 0 Å². The fourth-order valence-corrected chi connectivity index (χ4v) is 2.99. The molecule has 1 rings (SSSR count). The molecule has 244 valence electrons. The number of hydrogen-bond donors (Lipinski definition) is 0. The number of rotatable bonds is 33. The van der Waals surface area contributed by atoms with Crippen LogP contribution in [0.1, 0.15) is 10.4 Å². The molecule has 1 aromatic carbocycles. The molecule has 0 aliphatic carbocycles. The predicted molar refractivity (Wildman–Crippen MR) is 151 cm³/mol. The summed E-state index contributed by atoms with van der Waals surface area (Å²) in [5.41, 5.74) is 0.523. The van der Waals surface area contributed by atoms with E-state index in [2.05, 4.69) is 0 Å². The molecule has 0 saturated heterocycles. The molecule has 0 saturated carbocycles. The highest BCUT2D eigenvalue weighted by Crippen LogP contribution is 2.00. The summed E-state index contributed by atoms with van der Waals surface area (Å²) < 4.78 is 70.5. The molecule has 0 fully saturated rings. The maximum atomic E-state index is 11.8. The maximum Gasteiger partial charge on any atom is 0.338 e. The van der Waals surface area contributed by atoms with E-state index in [4.69, 9.17) is 52.1 Å². The quantitative estimate of drug-likeness (QED) is 0.0858. The number of esters is 1. The Kier molecular flexibility index (Phi) is 29.3. The van der Waals surface area contributed by atoms with Gasteiger partial charge in [-0.2, -0.15) is 0 Å². The standard InChI is InChI=1S/C29H49FO12/c30-6-7-32-8-9-33-10-11-34-12-13-35-14-15-36-16-17-37-18-19-38-20-21-39-22-23-40-24-25-41-26-27-42-29(31)28-4-2-1-3-5-28/h1-5H,6-27H2. The van der Waals surface area contributed by atoms with Crippen molar-refractivity contribution in [3.63, 3.8) is 0 Å². The first-order chi connectivity index (χ1) is 20.8. The van der Waals surface area contributed by atoms with Crippen molar-refractivity contribution in [3.05, 3.63) is 35.9 Å². The average molecular weight is 609 g/mol. The van der Waals surface area contributed by atoms with Crippen LogP contribution in [0.5, 0.6) is 0 Å². The molecule has 13 heteroatoms. The first kappa shape index (κ1) is 38.2. The van der Waals surface area contributed by atoms with Gasteiger partial charge in [0.15, 0.2) is 0 Å². The molecule has 0 radical (unpaired) electrons. The fourth-order valence-electron chi connectivity index (χ4n) is 2.99. The largest absolute Gasteiger partial charge is 0.460 e. The molecule has 0 aliphatic heterocycles. The van der Waals surface area contributed by atoms with E-state index < -0.39 is 6.67 Å². The summed E-state index contributed by atoms with van der Waals surface area (Å²) in [6.45, 7) is 8.55. The number of benzene rings is 1. The highest BCUT2D eigenvalue weighted by Gasteiger charge is 2.05. The molecule has 0 heterocycles. The van der Waals surface area contributed by atoms with Crippen molar-refractivity contribution in [3.8, 4) is 0 Å². The van der Waals surface area contributed by atoms with E-state index in [-0.39, 0.29) is 19.2 Å². The number of alkyl halides is 1. The molecule has 0 spiro atoms. The molecular weight excluding hydrogens is 559 g/mol. The molecular formula is C29H49FO12. The van der Waals surface area contributed by atoms with Crippen LogP contribution in [0.15, 0.2) is 30.3 Å². The molecule has 12 nitrogen and oxygen atoms in total. The Morgan fingerprint density at radius 2 is 0.667 bits per heavy atom. The van der Waals surface area contributed by atoms with Gasteiger partial charge in [-0.1, -0.05) is 18.2 Å². The number of carbonyl (C=O) groups is 1. The second-order valence-corrected chi connectivity index (χ2v) is 8.31. The van der Waals surface area contributed by atoms with Gasteiger partial charge < -0.3 is 52.1 Å². The summed E-state index contributed by atoms with van der Waals surface area (Å²) in [7, 11) is 0. The third-order valence-electron chi connectivity index (χ3n) is 5.04. The highest BCUT2D eigenvalue weighted by molar-refractivity contribution is 5.89.